The third-order valence-corrected chi connectivity index (χ3v) is 3.91. The van der Waals surface area contributed by atoms with Crippen LogP contribution in [0, 0.1) is 23.7 Å². The molecule has 2 atom stereocenters. The first-order valence-electron chi connectivity index (χ1n) is 6.51. The zero-order valence-corrected chi connectivity index (χ0v) is 10.6. The summed E-state index contributed by atoms with van der Waals surface area (Å²) in [6.45, 7) is 4.43. The van der Waals surface area contributed by atoms with E-state index in [9.17, 15) is 9.59 Å². The van der Waals surface area contributed by atoms with Gasteiger partial charge in [0.2, 0.25) is 5.91 Å². The van der Waals surface area contributed by atoms with E-state index in [1.165, 1.54) is 11.3 Å². The average Bonchev–Trinajstić information content (AvgIpc) is 2.67. The van der Waals surface area contributed by atoms with E-state index in [-0.39, 0.29) is 18.4 Å². The van der Waals surface area contributed by atoms with Crippen molar-refractivity contribution in [3.63, 3.8) is 0 Å². The van der Waals surface area contributed by atoms with Gasteiger partial charge in [0.25, 0.3) is 0 Å². The Balaban J connectivity index is 1.95. The fourth-order valence-electron chi connectivity index (χ4n) is 3.24. The summed E-state index contributed by atoms with van der Waals surface area (Å²) in [4.78, 5) is 24.6. The predicted molar refractivity (Wildman–Crippen MR) is 63.4 cm³/mol. The fraction of sp³-hybridized carbons (Fsp3) is 0.846. The normalized spacial score (nSPS) is 30.2. The first-order chi connectivity index (χ1) is 8.00. The number of carboxylic acid groups (broad SMARTS) is 1. The molecule has 0 radical (unpaired) electrons. The van der Waals surface area contributed by atoms with Crippen LogP contribution in [0.5, 0.6) is 0 Å². The summed E-state index contributed by atoms with van der Waals surface area (Å²) in [6, 6.07) is 0. The molecule has 0 aromatic rings. The number of fused-ring (bicyclic) bond motifs is 1. The van der Waals surface area contributed by atoms with Crippen LogP contribution in [-0.2, 0) is 9.59 Å². The molecule has 1 amide bonds. The van der Waals surface area contributed by atoms with Gasteiger partial charge in [-0.2, -0.15) is 0 Å². The molecule has 0 aromatic heterocycles. The summed E-state index contributed by atoms with van der Waals surface area (Å²) >= 11 is 0. The summed E-state index contributed by atoms with van der Waals surface area (Å²) < 4.78 is 0. The molecule has 4 nitrogen and oxygen atoms in total. The van der Waals surface area contributed by atoms with Crippen molar-refractivity contribution in [1.29, 1.82) is 0 Å². The molecule has 0 saturated heterocycles. The van der Waals surface area contributed by atoms with Crippen LogP contribution < -0.4 is 0 Å². The van der Waals surface area contributed by atoms with Crippen LogP contribution in [0.25, 0.3) is 0 Å². The largest absolute Gasteiger partial charge is 0.480 e. The summed E-state index contributed by atoms with van der Waals surface area (Å²) in [5, 5.41) is 8.86. The van der Waals surface area contributed by atoms with Gasteiger partial charge in [-0.3, -0.25) is 9.59 Å². The highest BCUT2D eigenvalue weighted by molar-refractivity contribution is 5.85. The van der Waals surface area contributed by atoms with Gasteiger partial charge in [-0.15, -0.1) is 0 Å². The molecule has 0 bridgehead atoms. The molecule has 2 fully saturated rings. The predicted octanol–water partition coefficient (Wildman–Crippen LogP) is 1.60. The molecule has 2 aliphatic rings. The lowest BCUT2D eigenvalue weighted by atomic mass is 10.1. The molecule has 0 heterocycles. The van der Waals surface area contributed by atoms with Gasteiger partial charge in [0.05, 0.1) is 0 Å². The number of carboxylic acids is 1. The Morgan fingerprint density at radius 2 is 1.88 bits per heavy atom. The lowest BCUT2D eigenvalue weighted by Gasteiger charge is -2.23. The molecule has 0 aromatic carbocycles. The lowest BCUT2D eigenvalue weighted by molar-refractivity contribution is -0.145. The van der Waals surface area contributed by atoms with Crippen LogP contribution in [0.2, 0.25) is 0 Å². The van der Waals surface area contributed by atoms with Gasteiger partial charge in [0, 0.05) is 12.5 Å². The SMILES string of the molecule is CC(C)CN(CC(=O)O)C(=O)C1C2CCCC21. The second-order valence-corrected chi connectivity index (χ2v) is 5.79. The average molecular weight is 239 g/mol. The van der Waals surface area contributed by atoms with E-state index < -0.39 is 5.97 Å². The van der Waals surface area contributed by atoms with Crippen LogP contribution in [0.15, 0.2) is 0 Å². The van der Waals surface area contributed by atoms with Crippen molar-refractivity contribution in [3.8, 4) is 0 Å². The number of hydrogen-bond donors (Lipinski definition) is 1. The van der Waals surface area contributed by atoms with Crippen LogP contribution in [0.1, 0.15) is 33.1 Å². The van der Waals surface area contributed by atoms with Gasteiger partial charge in [0.1, 0.15) is 6.54 Å². The van der Waals surface area contributed by atoms with Crippen LogP contribution in [-0.4, -0.2) is 35.0 Å². The molecule has 2 unspecified atom stereocenters. The molecule has 2 saturated carbocycles. The first kappa shape index (κ1) is 12.4. The molecule has 4 heteroatoms. The molecule has 2 rings (SSSR count). The summed E-state index contributed by atoms with van der Waals surface area (Å²) in [5.74, 6) is 0.747. The highest BCUT2D eigenvalue weighted by Crippen LogP contribution is 2.58. The van der Waals surface area contributed by atoms with Crippen molar-refractivity contribution in [2.45, 2.75) is 33.1 Å². The zero-order valence-electron chi connectivity index (χ0n) is 10.6. The Morgan fingerprint density at radius 1 is 1.29 bits per heavy atom. The van der Waals surface area contributed by atoms with Crippen molar-refractivity contribution in [2.24, 2.45) is 23.7 Å². The topological polar surface area (TPSA) is 57.6 Å². The minimum absolute atomic E-state index is 0.0794. The number of nitrogens with zero attached hydrogens (tertiary/aromatic N) is 1. The van der Waals surface area contributed by atoms with Crippen molar-refractivity contribution < 1.29 is 14.7 Å². The summed E-state index contributed by atoms with van der Waals surface area (Å²) in [7, 11) is 0. The molecule has 1 N–H and O–H groups in total. The fourth-order valence-corrected chi connectivity index (χ4v) is 3.24. The Bertz CT molecular complexity index is 317. The third-order valence-electron chi connectivity index (χ3n) is 3.91. The molecule has 0 aliphatic heterocycles. The molecule has 0 spiro atoms. The van der Waals surface area contributed by atoms with E-state index in [0.29, 0.717) is 24.3 Å². The van der Waals surface area contributed by atoms with Gasteiger partial charge in [-0.25, -0.2) is 0 Å². The molecule has 96 valence electrons. The van der Waals surface area contributed by atoms with E-state index >= 15 is 0 Å². The van der Waals surface area contributed by atoms with Crippen LogP contribution in [0.3, 0.4) is 0 Å². The van der Waals surface area contributed by atoms with Crippen LogP contribution in [0.4, 0.5) is 0 Å². The minimum atomic E-state index is -0.912. The van der Waals surface area contributed by atoms with Crippen molar-refractivity contribution in [2.75, 3.05) is 13.1 Å². The van der Waals surface area contributed by atoms with Gasteiger partial charge >= 0.3 is 5.97 Å². The number of aliphatic carboxylic acids is 1. The number of hydrogen-bond acceptors (Lipinski definition) is 2. The summed E-state index contributed by atoms with van der Waals surface area (Å²) in [5.41, 5.74) is 0. The number of amides is 1. The maximum Gasteiger partial charge on any atom is 0.323 e. The van der Waals surface area contributed by atoms with Gasteiger partial charge in [0.15, 0.2) is 0 Å². The smallest absolute Gasteiger partial charge is 0.323 e. The number of carbonyl (C=O) groups excluding carboxylic acids is 1. The van der Waals surface area contributed by atoms with E-state index in [1.54, 1.807) is 0 Å². The Labute approximate surface area is 102 Å². The second-order valence-electron chi connectivity index (χ2n) is 5.79. The first-order valence-corrected chi connectivity index (χ1v) is 6.51. The highest BCUT2D eigenvalue weighted by atomic mass is 16.4. The van der Waals surface area contributed by atoms with Crippen molar-refractivity contribution in [1.82, 2.24) is 4.90 Å². The second kappa shape index (κ2) is 4.67. The van der Waals surface area contributed by atoms with Gasteiger partial charge in [-0.05, 0) is 30.6 Å². The van der Waals surface area contributed by atoms with E-state index in [0.717, 1.165) is 12.8 Å². The summed E-state index contributed by atoms with van der Waals surface area (Å²) in [6.07, 6.45) is 3.55. The zero-order chi connectivity index (χ0) is 12.6. The van der Waals surface area contributed by atoms with Crippen molar-refractivity contribution >= 4 is 11.9 Å². The maximum absolute atomic E-state index is 12.3. The van der Waals surface area contributed by atoms with Gasteiger partial charge in [-0.1, -0.05) is 20.3 Å². The molecular formula is C13H21NO3. The number of carbonyl (C=O) groups is 2. The number of rotatable bonds is 5. The maximum atomic E-state index is 12.3. The minimum Gasteiger partial charge on any atom is -0.480 e. The third kappa shape index (κ3) is 2.61. The molecular weight excluding hydrogens is 218 g/mol. The van der Waals surface area contributed by atoms with E-state index in [4.69, 9.17) is 5.11 Å². The van der Waals surface area contributed by atoms with Gasteiger partial charge < -0.3 is 10.0 Å². The standard InChI is InChI=1S/C13H21NO3/c1-8(2)6-14(7-11(15)16)13(17)12-9-4-3-5-10(9)12/h8-10,12H,3-7H2,1-2H3,(H,15,16). The molecule has 2 aliphatic carbocycles. The highest BCUT2D eigenvalue weighted by Gasteiger charge is 2.57. The van der Waals surface area contributed by atoms with Crippen molar-refractivity contribution in [3.05, 3.63) is 0 Å². The lowest BCUT2D eigenvalue weighted by Crippen LogP contribution is -2.39. The Kier molecular flexibility index (Phi) is 3.40. The Morgan fingerprint density at radius 3 is 2.35 bits per heavy atom. The monoisotopic (exact) mass is 239 g/mol. The quantitative estimate of drug-likeness (QED) is 0.792. The Hall–Kier alpha value is -1.06. The van der Waals surface area contributed by atoms with E-state index in [1.807, 2.05) is 13.8 Å². The van der Waals surface area contributed by atoms with Crippen LogP contribution >= 0.6 is 0 Å². The molecule has 17 heavy (non-hydrogen) atoms. The van der Waals surface area contributed by atoms with E-state index in [2.05, 4.69) is 0 Å².